The molecule has 1 unspecified atom stereocenters. The maximum atomic E-state index is 13.4. The van der Waals surface area contributed by atoms with Crippen LogP contribution < -0.4 is 0 Å². The van der Waals surface area contributed by atoms with Crippen molar-refractivity contribution in [3.8, 4) is 0 Å². The Morgan fingerprint density at radius 2 is 1.79 bits per heavy atom. The SMILES string of the molecule is Cc1cc(Cl)cc(C(/C=C/c2ccc(C=O)c(C)c2)C(F)(F)F)c1. The van der Waals surface area contributed by atoms with E-state index in [0.717, 1.165) is 12.4 Å². The topological polar surface area (TPSA) is 17.1 Å². The van der Waals surface area contributed by atoms with Crippen molar-refractivity contribution < 1.29 is 18.0 Å². The van der Waals surface area contributed by atoms with Gasteiger partial charge in [0.1, 0.15) is 6.29 Å². The molecule has 2 rings (SSSR count). The van der Waals surface area contributed by atoms with E-state index in [9.17, 15) is 18.0 Å². The van der Waals surface area contributed by atoms with Gasteiger partial charge in [0.25, 0.3) is 0 Å². The Kier molecular flexibility index (Phi) is 5.50. The average Bonchev–Trinajstić information content (AvgIpc) is 2.45. The van der Waals surface area contributed by atoms with Gasteiger partial charge in [-0.05, 0) is 48.2 Å². The lowest BCUT2D eigenvalue weighted by Gasteiger charge is -2.18. The number of aryl methyl sites for hydroxylation is 2. The number of hydrogen-bond acceptors (Lipinski definition) is 1. The summed E-state index contributed by atoms with van der Waals surface area (Å²) in [4.78, 5) is 10.8. The van der Waals surface area contributed by atoms with Crippen LogP contribution in [-0.2, 0) is 0 Å². The van der Waals surface area contributed by atoms with Crippen molar-refractivity contribution in [2.45, 2.75) is 25.9 Å². The lowest BCUT2D eigenvalue weighted by atomic mass is 9.95. The molecule has 0 aliphatic heterocycles. The van der Waals surface area contributed by atoms with Crippen molar-refractivity contribution >= 4 is 24.0 Å². The number of allylic oxidation sites excluding steroid dienone is 1. The largest absolute Gasteiger partial charge is 0.399 e. The summed E-state index contributed by atoms with van der Waals surface area (Å²) in [5.74, 6) is -1.75. The fourth-order valence-electron chi connectivity index (χ4n) is 2.50. The van der Waals surface area contributed by atoms with Crippen LogP contribution in [0.2, 0.25) is 5.02 Å². The number of alkyl halides is 3. The Morgan fingerprint density at radius 1 is 1.08 bits per heavy atom. The van der Waals surface area contributed by atoms with Gasteiger partial charge < -0.3 is 0 Å². The molecule has 0 radical (unpaired) electrons. The lowest BCUT2D eigenvalue weighted by Crippen LogP contribution is -2.19. The van der Waals surface area contributed by atoms with Crippen LogP contribution in [0.15, 0.2) is 42.5 Å². The van der Waals surface area contributed by atoms with Crippen molar-refractivity contribution in [2.75, 3.05) is 0 Å². The minimum Gasteiger partial charge on any atom is -0.298 e. The highest BCUT2D eigenvalue weighted by Gasteiger charge is 2.39. The van der Waals surface area contributed by atoms with Crippen molar-refractivity contribution in [1.82, 2.24) is 0 Å². The molecule has 0 N–H and O–H groups in total. The Morgan fingerprint density at radius 3 is 2.33 bits per heavy atom. The Labute approximate surface area is 143 Å². The van der Waals surface area contributed by atoms with E-state index in [2.05, 4.69) is 0 Å². The zero-order valence-electron chi connectivity index (χ0n) is 13.2. The highest BCUT2D eigenvalue weighted by atomic mass is 35.5. The van der Waals surface area contributed by atoms with Gasteiger partial charge in [0.05, 0.1) is 5.92 Å². The average molecular weight is 353 g/mol. The fourth-order valence-corrected chi connectivity index (χ4v) is 2.79. The molecule has 0 amide bonds. The molecule has 1 nitrogen and oxygen atoms in total. The smallest absolute Gasteiger partial charge is 0.298 e. The molecule has 0 saturated heterocycles. The van der Waals surface area contributed by atoms with Crippen molar-refractivity contribution in [3.05, 3.63) is 75.3 Å². The number of halogens is 4. The fraction of sp³-hybridized carbons (Fsp3) is 0.211. The van der Waals surface area contributed by atoms with E-state index in [1.807, 2.05) is 0 Å². The molecule has 1 atom stereocenters. The van der Waals surface area contributed by atoms with Crippen LogP contribution >= 0.6 is 11.6 Å². The molecule has 0 spiro atoms. The first kappa shape index (κ1) is 18.3. The van der Waals surface area contributed by atoms with Gasteiger partial charge in [-0.25, -0.2) is 0 Å². The zero-order valence-corrected chi connectivity index (χ0v) is 13.9. The van der Waals surface area contributed by atoms with Gasteiger partial charge >= 0.3 is 6.18 Å². The second-order valence-electron chi connectivity index (χ2n) is 5.67. The molecule has 126 valence electrons. The molecule has 2 aromatic rings. The molecule has 5 heteroatoms. The van der Waals surface area contributed by atoms with Crippen LogP contribution in [0.5, 0.6) is 0 Å². The number of aldehydes is 1. The van der Waals surface area contributed by atoms with Crippen LogP contribution in [0, 0.1) is 13.8 Å². The molecule has 0 aromatic heterocycles. The minimum atomic E-state index is -4.43. The predicted molar refractivity (Wildman–Crippen MR) is 90.6 cm³/mol. The monoisotopic (exact) mass is 352 g/mol. The van der Waals surface area contributed by atoms with E-state index in [4.69, 9.17) is 11.6 Å². The molecular weight excluding hydrogens is 337 g/mol. The Hall–Kier alpha value is -2.07. The summed E-state index contributed by atoms with van der Waals surface area (Å²) in [6.07, 6.45) is -1.18. The van der Waals surface area contributed by atoms with Gasteiger partial charge in [-0.1, -0.05) is 48.0 Å². The third kappa shape index (κ3) is 4.48. The number of benzene rings is 2. The maximum absolute atomic E-state index is 13.4. The molecular formula is C19H16ClF3O. The van der Waals surface area contributed by atoms with Gasteiger partial charge in [0, 0.05) is 10.6 Å². The number of hydrogen-bond donors (Lipinski definition) is 0. The molecule has 24 heavy (non-hydrogen) atoms. The third-order valence-corrected chi connectivity index (χ3v) is 3.90. The van der Waals surface area contributed by atoms with E-state index in [-0.39, 0.29) is 10.6 Å². The lowest BCUT2D eigenvalue weighted by molar-refractivity contribution is -0.139. The highest BCUT2D eigenvalue weighted by Crippen LogP contribution is 2.37. The summed E-state index contributed by atoms with van der Waals surface area (Å²) in [6.45, 7) is 3.44. The third-order valence-electron chi connectivity index (χ3n) is 3.68. The van der Waals surface area contributed by atoms with Gasteiger partial charge in [0.15, 0.2) is 0 Å². The maximum Gasteiger partial charge on any atom is 0.399 e. The van der Waals surface area contributed by atoms with Crippen LogP contribution in [0.1, 0.15) is 38.5 Å². The summed E-state index contributed by atoms with van der Waals surface area (Å²) in [6, 6.07) is 9.31. The molecule has 0 saturated carbocycles. The van der Waals surface area contributed by atoms with Gasteiger partial charge in [-0.3, -0.25) is 4.79 Å². The normalized spacial score (nSPS) is 13.2. The number of carbonyl (C=O) groups is 1. The number of carbonyl (C=O) groups excluding carboxylic acids is 1. The molecule has 2 aromatic carbocycles. The second-order valence-corrected chi connectivity index (χ2v) is 6.11. The summed E-state index contributed by atoms with van der Waals surface area (Å²) >= 11 is 5.89. The quantitative estimate of drug-likeness (QED) is 0.605. The molecule has 0 heterocycles. The van der Waals surface area contributed by atoms with Gasteiger partial charge in [-0.15, -0.1) is 0 Å². The summed E-state index contributed by atoms with van der Waals surface area (Å²) < 4.78 is 40.3. The van der Waals surface area contributed by atoms with Crippen LogP contribution in [-0.4, -0.2) is 12.5 Å². The summed E-state index contributed by atoms with van der Waals surface area (Å²) in [7, 11) is 0. The van der Waals surface area contributed by atoms with Crippen LogP contribution in [0.3, 0.4) is 0 Å². The summed E-state index contributed by atoms with van der Waals surface area (Å²) in [5.41, 5.74) is 2.61. The van der Waals surface area contributed by atoms with E-state index in [1.165, 1.54) is 18.2 Å². The summed E-state index contributed by atoms with van der Waals surface area (Å²) in [5, 5.41) is 0.277. The second kappa shape index (κ2) is 7.22. The zero-order chi connectivity index (χ0) is 17.9. The standard InChI is InChI=1S/C19H16ClF3O/c1-12-7-16(10-17(20)8-12)18(19(21,22)23)6-4-14-3-5-15(11-24)13(2)9-14/h3-11,18H,1-2H3/b6-4+. The van der Waals surface area contributed by atoms with Gasteiger partial charge in [-0.2, -0.15) is 13.2 Å². The first-order chi connectivity index (χ1) is 11.2. The van der Waals surface area contributed by atoms with Gasteiger partial charge in [0.2, 0.25) is 0 Å². The van der Waals surface area contributed by atoms with Crippen LogP contribution in [0.4, 0.5) is 13.2 Å². The van der Waals surface area contributed by atoms with Crippen molar-refractivity contribution in [2.24, 2.45) is 0 Å². The highest BCUT2D eigenvalue weighted by molar-refractivity contribution is 6.30. The van der Waals surface area contributed by atoms with Crippen LogP contribution in [0.25, 0.3) is 6.08 Å². The first-order valence-corrected chi connectivity index (χ1v) is 7.66. The van der Waals surface area contributed by atoms with E-state index in [1.54, 1.807) is 38.1 Å². The molecule has 0 fully saturated rings. The van der Waals surface area contributed by atoms with E-state index < -0.39 is 12.1 Å². The number of rotatable bonds is 4. The molecule has 0 aliphatic rings. The molecule has 0 bridgehead atoms. The Bertz CT molecular complexity index is 758. The van der Waals surface area contributed by atoms with E-state index >= 15 is 0 Å². The minimum absolute atomic E-state index is 0.102. The first-order valence-electron chi connectivity index (χ1n) is 7.28. The van der Waals surface area contributed by atoms with Crippen molar-refractivity contribution in [1.29, 1.82) is 0 Å². The molecule has 0 aliphatic carbocycles. The Balaban J connectivity index is 2.39. The predicted octanol–water partition coefficient (Wildman–Crippen LogP) is 6.13. The van der Waals surface area contributed by atoms with Crippen molar-refractivity contribution in [3.63, 3.8) is 0 Å². The van der Waals surface area contributed by atoms with E-state index in [0.29, 0.717) is 22.3 Å².